The number of amides is 2. The minimum Gasteiger partial charge on any atom is -0.462 e. The molecular formula is C23H26N2O4. The summed E-state index contributed by atoms with van der Waals surface area (Å²) in [7, 11) is 0. The Kier molecular flexibility index (Phi) is 6.32. The second-order valence-corrected chi connectivity index (χ2v) is 7.13. The third-order valence-corrected chi connectivity index (χ3v) is 5.02. The van der Waals surface area contributed by atoms with Crippen LogP contribution >= 0.6 is 0 Å². The average Bonchev–Trinajstić information content (AvgIpc) is 3.50. The Balaban J connectivity index is 1.68. The molecule has 6 nitrogen and oxygen atoms in total. The Bertz CT molecular complexity index is 925. The average molecular weight is 394 g/mol. The molecule has 6 heteroatoms. The molecule has 0 bridgehead atoms. The number of rotatable bonds is 7. The molecule has 2 aromatic rings. The number of nitrogens with zero attached hydrogens (tertiary/aromatic N) is 1. The molecule has 2 amide bonds. The number of carbonyl (C=O) groups excluding carboxylic acids is 3. The van der Waals surface area contributed by atoms with E-state index >= 15 is 0 Å². The van der Waals surface area contributed by atoms with E-state index in [1.54, 1.807) is 36.1 Å². The van der Waals surface area contributed by atoms with Crippen molar-refractivity contribution in [3.8, 4) is 0 Å². The lowest BCUT2D eigenvalue weighted by molar-refractivity contribution is -0.123. The summed E-state index contributed by atoms with van der Waals surface area (Å²) in [6.45, 7) is 6.43. The van der Waals surface area contributed by atoms with E-state index in [4.69, 9.17) is 4.74 Å². The summed E-state index contributed by atoms with van der Waals surface area (Å²) in [6, 6.07) is 14.5. The van der Waals surface area contributed by atoms with Gasteiger partial charge in [0.15, 0.2) is 0 Å². The largest absolute Gasteiger partial charge is 0.462 e. The second kappa shape index (κ2) is 8.90. The zero-order valence-electron chi connectivity index (χ0n) is 17.0. The monoisotopic (exact) mass is 394 g/mol. The first-order valence-corrected chi connectivity index (χ1v) is 9.91. The Hall–Kier alpha value is -3.15. The summed E-state index contributed by atoms with van der Waals surface area (Å²) >= 11 is 0. The number of aryl methyl sites for hydroxylation is 1. The highest BCUT2D eigenvalue weighted by atomic mass is 16.5. The van der Waals surface area contributed by atoms with E-state index in [0.717, 1.165) is 11.3 Å². The summed E-state index contributed by atoms with van der Waals surface area (Å²) in [5, 5.41) is 2.79. The summed E-state index contributed by atoms with van der Waals surface area (Å²) in [5.41, 5.74) is 2.63. The van der Waals surface area contributed by atoms with Gasteiger partial charge in [-0.2, -0.15) is 0 Å². The number of esters is 1. The number of hydrogen-bond acceptors (Lipinski definition) is 4. The molecule has 29 heavy (non-hydrogen) atoms. The van der Waals surface area contributed by atoms with Crippen LogP contribution in [0.4, 0.5) is 11.4 Å². The fraction of sp³-hybridized carbons (Fsp3) is 0.348. The van der Waals surface area contributed by atoms with Crippen LogP contribution in [0.2, 0.25) is 0 Å². The number of hydrogen-bond donors (Lipinski definition) is 1. The van der Waals surface area contributed by atoms with E-state index in [1.165, 1.54) is 0 Å². The van der Waals surface area contributed by atoms with Gasteiger partial charge in [0.2, 0.25) is 11.8 Å². The Morgan fingerprint density at radius 3 is 2.52 bits per heavy atom. The Labute approximate surface area is 170 Å². The summed E-state index contributed by atoms with van der Waals surface area (Å²) in [6.07, 6.45) is 0.508. The zero-order chi connectivity index (χ0) is 21.0. The molecule has 1 saturated carbocycles. The van der Waals surface area contributed by atoms with E-state index < -0.39 is 11.9 Å². The lowest BCUT2D eigenvalue weighted by Crippen LogP contribution is -2.33. The Morgan fingerprint density at radius 1 is 1.07 bits per heavy atom. The van der Waals surface area contributed by atoms with E-state index in [2.05, 4.69) is 5.32 Å². The molecule has 1 aliphatic rings. The smallest absolute Gasteiger partial charge is 0.340 e. The molecule has 1 aliphatic carbocycles. The summed E-state index contributed by atoms with van der Waals surface area (Å²) < 4.78 is 5.04. The minimum absolute atomic E-state index is 0.0445. The van der Waals surface area contributed by atoms with Gasteiger partial charge in [0.25, 0.3) is 0 Å². The molecule has 0 spiro atoms. The van der Waals surface area contributed by atoms with Crippen molar-refractivity contribution in [1.82, 2.24) is 0 Å². The predicted octanol–water partition coefficient (Wildman–Crippen LogP) is 3.80. The van der Waals surface area contributed by atoms with Crippen LogP contribution in [0.25, 0.3) is 0 Å². The molecule has 0 heterocycles. The SMILES string of the molecule is CCOC(=O)c1ccccc1NC(=O)C1CC1C(=O)N(CC)c1cccc(C)c1. The maximum absolute atomic E-state index is 12.9. The van der Waals surface area contributed by atoms with Gasteiger partial charge in [0.1, 0.15) is 0 Å². The van der Waals surface area contributed by atoms with Crippen LogP contribution in [-0.4, -0.2) is 30.9 Å². The molecule has 1 N–H and O–H groups in total. The van der Waals surface area contributed by atoms with Gasteiger partial charge in [-0.25, -0.2) is 4.79 Å². The van der Waals surface area contributed by atoms with Crippen molar-refractivity contribution in [3.05, 3.63) is 59.7 Å². The number of carbonyl (C=O) groups is 3. The standard InChI is InChI=1S/C23H26N2O4/c1-4-25(16-10-8-9-15(3)13-16)22(27)19-14-18(19)21(26)24-20-12-7-6-11-17(20)23(28)29-5-2/h6-13,18-19H,4-5,14H2,1-3H3,(H,24,26). The van der Waals surface area contributed by atoms with E-state index in [0.29, 0.717) is 24.2 Å². The van der Waals surface area contributed by atoms with Gasteiger partial charge in [-0.3, -0.25) is 9.59 Å². The number of para-hydroxylation sites is 1. The summed E-state index contributed by atoms with van der Waals surface area (Å²) in [4.78, 5) is 39.4. The maximum atomic E-state index is 12.9. The fourth-order valence-electron chi connectivity index (χ4n) is 3.42. The van der Waals surface area contributed by atoms with Crippen molar-refractivity contribution in [3.63, 3.8) is 0 Å². The van der Waals surface area contributed by atoms with E-state index in [1.807, 2.05) is 38.1 Å². The van der Waals surface area contributed by atoms with Crippen LogP contribution in [-0.2, 0) is 14.3 Å². The number of anilines is 2. The van der Waals surface area contributed by atoms with Gasteiger partial charge in [0, 0.05) is 12.2 Å². The zero-order valence-corrected chi connectivity index (χ0v) is 17.0. The highest BCUT2D eigenvalue weighted by Gasteiger charge is 2.49. The fourth-order valence-corrected chi connectivity index (χ4v) is 3.42. The Morgan fingerprint density at radius 2 is 1.83 bits per heavy atom. The minimum atomic E-state index is -0.483. The first-order valence-electron chi connectivity index (χ1n) is 9.91. The maximum Gasteiger partial charge on any atom is 0.340 e. The summed E-state index contributed by atoms with van der Waals surface area (Å²) in [5.74, 6) is -1.51. The molecule has 2 atom stereocenters. The van der Waals surface area contributed by atoms with Gasteiger partial charge >= 0.3 is 5.97 Å². The first kappa shape index (κ1) is 20.6. The lowest BCUT2D eigenvalue weighted by Gasteiger charge is -2.21. The van der Waals surface area contributed by atoms with Crippen LogP contribution in [0, 0.1) is 18.8 Å². The normalized spacial score (nSPS) is 17.3. The highest BCUT2D eigenvalue weighted by Crippen LogP contribution is 2.41. The molecule has 1 fully saturated rings. The van der Waals surface area contributed by atoms with Crippen molar-refractivity contribution in [2.45, 2.75) is 27.2 Å². The van der Waals surface area contributed by atoms with Crippen molar-refractivity contribution in [1.29, 1.82) is 0 Å². The third kappa shape index (κ3) is 4.65. The number of nitrogens with one attached hydrogen (secondary N) is 1. The predicted molar refractivity (Wildman–Crippen MR) is 112 cm³/mol. The van der Waals surface area contributed by atoms with Crippen LogP contribution in [0.5, 0.6) is 0 Å². The highest BCUT2D eigenvalue weighted by molar-refractivity contribution is 6.06. The molecule has 2 unspecified atom stereocenters. The molecule has 0 aliphatic heterocycles. The van der Waals surface area contributed by atoms with Gasteiger partial charge < -0.3 is 15.0 Å². The van der Waals surface area contributed by atoms with Crippen LogP contribution < -0.4 is 10.2 Å². The molecule has 0 aromatic heterocycles. The van der Waals surface area contributed by atoms with Gasteiger partial charge in [0.05, 0.1) is 29.7 Å². The van der Waals surface area contributed by atoms with Gasteiger partial charge in [-0.1, -0.05) is 24.3 Å². The second-order valence-electron chi connectivity index (χ2n) is 7.13. The van der Waals surface area contributed by atoms with Crippen molar-refractivity contribution < 1.29 is 19.1 Å². The molecule has 152 valence electrons. The molecule has 0 saturated heterocycles. The van der Waals surface area contributed by atoms with Crippen LogP contribution in [0.3, 0.4) is 0 Å². The van der Waals surface area contributed by atoms with E-state index in [-0.39, 0.29) is 24.3 Å². The van der Waals surface area contributed by atoms with Gasteiger partial charge in [-0.05, 0) is 57.0 Å². The van der Waals surface area contributed by atoms with Crippen molar-refractivity contribution >= 4 is 29.2 Å². The number of ether oxygens (including phenoxy) is 1. The number of benzene rings is 2. The lowest BCUT2D eigenvalue weighted by atomic mass is 10.1. The molecule has 2 aromatic carbocycles. The molecular weight excluding hydrogens is 368 g/mol. The van der Waals surface area contributed by atoms with Gasteiger partial charge in [-0.15, -0.1) is 0 Å². The van der Waals surface area contributed by atoms with Crippen LogP contribution in [0.1, 0.15) is 36.2 Å². The molecule has 0 radical (unpaired) electrons. The van der Waals surface area contributed by atoms with Crippen molar-refractivity contribution in [2.75, 3.05) is 23.4 Å². The van der Waals surface area contributed by atoms with E-state index in [9.17, 15) is 14.4 Å². The molecule has 3 rings (SSSR count). The van der Waals surface area contributed by atoms with Crippen molar-refractivity contribution in [2.24, 2.45) is 11.8 Å². The third-order valence-electron chi connectivity index (χ3n) is 5.02. The quantitative estimate of drug-likeness (QED) is 0.725. The van der Waals surface area contributed by atoms with Crippen LogP contribution in [0.15, 0.2) is 48.5 Å². The first-order chi connectivity index (χ1) is 14.0. The topological polar surface area (TPSA) is 75.7 Å².